The van der Waals surface area contributed by atoms with Crippen LogP contribution in [-0.4, -0.2) is 23.2 Å². The van der Waals surface area contributed by atoms with Crippen LogP contribution in [0.4, 0.5) is 17.1 Å². The Hall–Kier alpha value is -2.40. The lowest BCUT2D eigenvalue weighted by Gasteiger charge is -2.47. The van der Waals surface area contributed by atoms with E-state index in [2.05, 4.69) is 43.7 Å². The zero-order valence-electron chi connectivity index (χ0n) is 16.8. The van der Waals surface area contributed by atoms with Crippen molar-refractivity contribution in [3.05, 3.63) is 62.7 Å². The largest absolute Gasteiger partial charge is 0.366 e. The lowest BCUT2D eigenvalue weighted by molar-refractivity contribution is -0.384. The van der Waals surface area contributed by atoms with Crippen molar-refractivity contribution in [2.45, 2.75) is 52.0 Å². The number of hydrogen-bond acceptors (Lipinski definition) is 4. The lowest BCUT2D eigenvalue weighted by Crippen LogP contribution is -2.48. The summed E-state index contributed by atoms with van der Waals surface area (Å²) in [5, 5.41) is 11.6. The van der Waals surface area contributed by atoms with Crippen molar-refractivity contribution in [3.8, 4) is 0 Å². The summed E-state index contributed by atoms with van der Waals surface area (Å²) < 4.78 is 0. The van der Waals surface area contributed by atoms with E-state index in [1.165, 1.54) is 23.4 Å². The highest BCUT2D eigenvalue weighted by Crippen LogP contribution is 2.45. The molecule has 0 amide bonds. The van der Waals surface area contributed by atoms with Gasteiger partial charge in [-0.1, -0.05) is 31.5 Å². The summed E-state index contributed by atoms with van der Waals surface area (Å²) in [7, 11) is 0. The third-order valence-corrected chi connectivity index (χ3v) is 5.67. The van der Waals surface area contributed by atoms with Crippen molar-refractivity contribution in [1.29, 1.82) is 0 Å². The second-order valence-corrected chi connectivity index (χ2v) is 8.44. The summed E-state index contributed by atoms with van der Waals surface area (Å²) in [6.45, 7) is 10.0. The molecular formula is C22H26ClN3O2. The van der Waals surface area contributed by atoms with E-state index in [-0.39, 0.29) is 11.2 Å². The lowest BCUT2D eigenvalue weighted by atomic mass is 9.79. The SMILES string of the molecule is CCCN1c2cc(Cl)c(C=Nc3cccc([N+](=O)[O-])c3)cc2C(C)CC1(C)C. The standard InChI is InChI=1S/C22H26ClN3O2/c1-5-9-25-21-12-20(23)16(10-19(21)15(2)13-22(25,3)4)14-24-17-7-6-8-18(11-17)26(27)28/h6-8,10-12,14-15H,5,9,13H2,1-4H3. The van der Waals surface area contributed by atoms with Crippen LogP contribution >= 0.6 is 11.6 Å². The van der Waals surface area contributed by atoms with Gasteiger partial charge in [0.2, 0.25) is 0 Å². The highest BCUT2D eigenvalue weighted by molar-refractivity contribution is 6.33. The highest BCUT2D eigenvalue weighted by atomic mass is 35.5. The second-order valence-electron chi connectivity index (χ2n) is 8.04. The van der Waals surface area contributed by atoms with Crippen LogP contribution in [0.1, 0.15) is 57.6 Å². The number of fused-ring (bicyclic) bond motifs is 1. The zero-order valence-corrected chi connectivity index (χ0v) is 17.5. The number of hydrogen-bond donors (Lipinski definition) is 0. The van der Waals surface area contributed by atoms with Gasteiger partial charge in [0.1, 0.15) is 0 Å². The third kappa shape index (κ3) is 4.04. The van der Waals surface area contributed by atoms with Crippen LogP contribution in [0.3, 0.4) is 0 Å². The fraction of sp³-hybridized carbons (Fsp3) is 0.409. The number of nitro benzene ring substituents is 1. The van der Waals surface area contributed by atoms with Gasteiger partial charge in [-0.05, 0) is 56.4 Å². The maximum atomic E-state index is 10.9. The van der Waals surface area contributed by atoms with Crippen molar-refractivity contribution in [3.63, 3.8) is 0 Å². The Morgan fingerprint density at radius 1 is 1.36 bits per heavy atom. The molecule has 1 heterocycles. The van der Waals surface area contributed by atoms with Gasteiger partial charge in [0.05, 0.1) is 15.6 Å². The second kappa shape index (κ2) is 7.92. The van der Waals surface area contributed by atoms with Crippen molar-refractivity contribution in [1.82, 2.24) is 0 Å². The van der Waals surface area contributed by atoms with Crippen molar-refractivity contribution in [2.24, 2.45) is 4.99 Å². The quantitative estimate of drug-likeness (QED) is 0.327. The van der Waals surface area contributed by atoms with E-state index in [1.807, 2.05) is 6.07 Å². The average Bonchev–Trinajstić information content (AvgIpc) is 2.63. The maximum absolute atomic E-state index is 10.9. The van der Waals surface area contributed by atoms with Crippen LogP contribution in [0.2, 0.25) is 5.02 Å². The highest BCUT2D eigenvalue weighted by Gasteiger charge is 2.36. The summed E-state index contributed by atoms with van der Waals surface area (Å²) in [6, 6.07) is 10.4. The fourth-order valence-corrected chi connectivity index (χ4v) is 4.30. The Kier molecular flexibility index (Phi) is 5.75. The number of non-ortho nitro benzene ring substituents is 1. The molecule has 1 aliphatic heterocycles. The van der Waals surface area contributed by atoms with E-state index >= 15 is 0 Å². The van der Waals surface area contributed by atoms with Gasteiger partial charge in [-0.2, -0.15) is 0 Å². The summed E-state index contributed by atoms with van der Waals surface area (Å²) in [5.41, 5.74) is 3.95. The van der Waals surface area contributed by atoms with Gasteiger partial charge in [0, 0.05) is 41.7 Å². The first-order valence-electron chi connectivity index (χ1n) is 9.62. The fourth-order valence-electron chi connectivity index (χ4n) is 4.10. The number of aliphatic imine (C=N–C) groups is 1. The molecule has 1 unspecified atom stereocenters. The van der Waals surface area contributed by atoms with E-state index in [0.717, 1.165) is 24.9 Å². The molecule has 3 rings (SSSR count). The number of benzene rings is 2. The topological polar surface area (TPSA) is 58.7 Å². The maximum Gasteiger partial charge on any atom is 0.271 e. The molecule has 148 valence electrons. The minimum absolute atomic E-state index is 0.0252. The van der Waals surface area contributed by atoms with Crippen molar-refractivity contribution < 1.29 is 4.92 Å². The number of nitrogens with zero attached hydrogens (tertiary/aromatic N) is 3. The van der Waals surface area contributed by atoms with Crippen molar-refractivity contribution >= 4 is 34.9 Å². The monoisotopic (exact) mass is 399 g/mol. The van der Waals surface area contributed by atoms with E-state index < -0.39 is 4.92 Å². The molecule has 2 aromatic carbocycles. The van der Waals surface area contributed by atoms with Gasteiger partial charge < -0.3 is 4.90 Å². The molecule has 0 aliphatic carbocycles. The van der Waals surface area contributed by atoms with E-state index in [9.17, 15) is 10.1 Å². The Labute approximate surface area is 171 Å². The van der Waals surface area contributed by atoms with Gasteiger partial charge in [-0.3, -0.25) is 15.1 Å². The first-order chi connectivity index (χ1) is 13.2. The van der Waals surface area contributed by atoms with Gasteiger partial charge in [0.25, 0.3) is 5.69 Å². The molecule has 0 fully saturated rings. The molecule has 1 atom stereocenters. The summed E-state index contributed by atoms with van der Waals surface area (Å²) in [6.07, 6.45) is 3.84. The normalized spacial score (nSPS) is 18.3. The summed E-state index contributed by atoms with van der Waals surface area (Å²) >= 11 is 6.59. The minimum Gasteiger partial charge on any atom is -0.366 e. The van der Waals surface area contributed by atoms with Gasteiger partial charge >= 0.3 is 0 Å². The number of halogens is 1. The molecule has 0 N–H and O–H groups in total. The van der Waals surface area contributed by atoms with Crippen LogP contribution in [0.5, 0.6) is 0 Å². The number of nitro groups is 1. The summed E-state index contributed by atoms with van der Waals surface area (Å²) in [4.78, 5) is 17.4. The van der Waals surface area contributed by atoms with E-state index in [4.69, 9.17) is 11.6 Å². The van der Waals surface area contributed by atoms with E-state index in [1.54, 1.807) is 18.3 Å². The molecule has 0 bridgehead atoms. The van der Waals surface area contributed by atoms with Crippen LogP contribution in [-0.2, 0) is 0 Å². The van der Waals surface area contributed by atoms with Gasteiger partial charge in [-0.25, -0.2) is 0 Å². The zero-order chi connectivity index (χ0) is 20.5. The number of rotatable bonds is 5. The van der Waals surface area contributed by atoms with Gasteiger partial charge in [-0.15, -0.1) is 0 Å². The first kappa shape index (κ1) is 20.3. The molecule has 0 spiro atoms. The molecule has 6 heteroatoms. The van der Waals surface area contributed by atoms with Gasteiger partial charge in [0.15, 0.2) is 0 Å². The first-order valence-corrected chi connectivity index (χ1v) is 10.0. The van der Waals surface area contributed by atoms with Crippen LogP contribution in [0, 0.1) is 10.1 Å². The molecule has 1 aliphatic rings. The van der Waals surface area contributed by atoms with Crippen LogP contribution in [0.15, 0.2) is 41.4 Å². The Morgan fingerprint density at radius 2 is 2.11 bits per heavy atom. The summed E-state index contributed by atoms with van der Waals surface area (Å²) in [5.74, 6) is 0.417. The molecule has 0 aromatic heterocycles. The Balaban J connectivity index is 1.98. The minimum atomic E-state index is -0.420. The predicted octanol–water partition coefficient (Wildman–Crippen LogP) is 6.50. The molecule has 0 saturated heterocycles. The molecular weight excluding hydrogens is 374 g/mol. The molecule has 0 saturated carbocycles. The van der Waals surface area contributed by atoms with E-state index in [0.29, 0.717) is 16.6 Å². The molecule has 2 aromatic rings. The average molecular weight is 400 g/mol. The molecule has 28 heavy (non-hydrogen) atoms. The Morgan fingerprint density at radius 3 is 2.79 bits per heavy atom. The van der Waals surface area contributed by atoms with Crippen LogP contribution in [0.25, 0.3) is 0 Å². The van der Waals surface area contributed by atoms with Crippen molar-refractivity contribution in [2.75, 3.05) is 11.4 Å². The smallest absolute Gasteiger partial charge is 0.271 e. The molecule has 5 nitrogen and oxygen atoms in total. The predicted molar refractivity (Wildman–Crippen MR) is 117 cm³/mol. The molecule has 0 radical (unpaired) electrons. The Bertz CT molecular complexity index is 924. The van der Waals surface area contributed by atoms with Crippen LogP contribution < -0.4 is 4.90 Å². The number of anilines is 1. The third-order valence-electron chi connectivity index (χ3n) is 5.34.